The van der Waals surface area contributed by atoms with Crippen molar-refractivity contribution in [2.75, 3.05) is 0 Å². The van der Waals surface area contributed by atoms with Crippen LogP contribution in [0, 0.1) is 0 Å². The monoisotopic (exact) mass is 440 g/mol. The van der Waals surface area contributed by atoms with E-state index in [0.29, 0.717) is 25.7 Å². The number of esters is 3. The summed E-state index contributed by atoms with van der Waals surface area (Å²) in [5.41, 5.74) is -0.745. The Kier molecular flexibility index (Phi) is 13.5. The molecule has 1 aliphatic carbocycles. The molecule has 0 amide bonds. The van der Waals surface area contributed by atoms with Gasteiger partial charge in [-0.15, -0.1) is 0 Å². The first-order valence-electron chi connectivity index (χ1n) is 12.5. The van der Waals surface area contributed by atoms with Gasteiger partial charge in [-0.25, -0.2) is 0 Å². The molecule has 0 bridgehead atoms. The smallest absolute Gasteiger partial charge is 0.306 e. The number of carbonyl (C=O) groups excluding carboxylic acids is 3. The molecule has 0 aromatic heterocycles. The molecule has 0 spiro atoms. The normalized spacial score (nSPS) is 23.2. The van der Waals surface area contributed by atoms with Crippen molar-refractivity contribution < 1.29 is 28.6 Å². The van der Waals surface area contributed by atoms with Gasteiger partial charge in [0, 0.05) is 38.5 Å². The molecule has 0 aliphatic heterocycles. The van der Waals surface area contributed by atoms with Crippen LogP contribution in [0.15, 0.2) is 0 Å². The van der Waals surface area contributed by atoms with E-state index in [4.69, 9.17) is 14.2 Å². The highest BCUT2D eigenvalue weighted by Crippen LogP contribution is 2.39. The number of hydrogen-bond donors (Lipinski definition) is 0. The fourth-order valence-corrected chi connectivity index (χ4v) is 4.32. The van der Waals surface area contributed by atoms with E-state index in [1.54, 1.807) is 20.8 Å². The second-order valence-electron chi connectivity index (χ2n) is 8.81. The van der Waals surface area contributed by atoms with Crippen LogP contribution in [0.2, 0.25) is 0 Å². The molecule has 31 heavy (non-hydrogen) atoms. The summed E-state index contributed by atoms with van der Waals surface area (Å²) in [5.74, 6) is -0.826. The Morgan fingerprint density at radius 3 is 1.58 bits per heavy atom. The summed E-state index contributed by atoms with van der Waals surface area (Å²) < 4.78 is 17.2. The second-order valence-corrected chi connectivity index (χ2v) is 8.81. The van der Waals surface area contributed by atoms with Gasteiger partial charge in [0.15, 0.2) is 0 Å². The van der Waals surface area contributed by atoms with Crippen molar-refractivity contribution in [1.29, 1.82) is 0 Å². The summed E-state index contributed by atoms with van der Waals surface area (Å²) in [4.78, 5) is 36.1. The summed E-state index contributed by atoms with van der Waals surface area (Å²) in [5, 5.41) is 0. The Hall–Kier alpha value is -1.59. The van der Waals surface area contributed by atoms with Gasteiger partial charge in [-0.1, -0.05) is 72.6 Å². The zero-order valence-electron chi connectivity index (χ0n) is 20.2. The molecule has 2 unspecified atom stereocenters. The average Bonchev–Trinajstić information content (AvgIpc) is 2.75. The van der Waals surface area contributed by atoms with Gasteiger partial charge in [0.05, 0.1) is 0 Å². The summed E-state index contributed by atoms with van der Waals surface area (Å²) in [6.07, 6.45) is 11.7. The third-order valence-electron chi connectivity index (χ3n) is 6.00. The third-order valence-corrected chi connectivity index (χ3v) is 6.00. The van der Waals surface area contributed by atoms with Gasteiger partial charge in [-0.3, -0.25) is 14.4 Å². The molecule has 6 nitrogen and oxygen atoms in total. The lowest BCUT2D eigenvalue weighted by atomic mass is 9.77. The predicted octanol–water partition coefficient (Wildman–Crippen LogP) is 6.04. The van der Waals surface area contributed by atoms with Crippen molar-refractivity contribution in [3.05, 3.63) is 0 Å². The van der Waals surface area contributed by atoms with Gasteiger partial charge in [0.25, 0.3) is 0 Å². The van der Waals surface area contributed by atoms with Crippen LogP contribution >= 0.6 is 0 Å². The van der Waals surface area contributed by atoms with Crippen LogP contribution in [0.3, 0.4) is 0 Å². The molecular weight excluding hydrogens is 396 g/mol. The highest BCUT2D eigenvalue weighted by Gasteiger charge is 2.45. The quantitative estimate of drug-likeness (QED) is 0.176. The van der Waals surface area contributed by atoms with Gasteiger partial charge in [0.2, 0.25) is 0 Å². The van der Waals surface area contributed by atoms with Crippen molar-refractivity contribution in [3.63, 3.8) is 0 Å². The molecule has 1 aliphatic rings. The van der Waals surface area contributed by atoms with Crippen molar-refractivity contribution in [3.8, 4) is 0 Å². The topological polar surface area (TPSA) is 78.9 Å². The van der Waals surface area contributed by atoms with E-state index in [2.05, 4.69) is 6.92 Å². The lowest BCUT2D eigenvalue weighted by molar-refractivity contribution is -0.186. The van der Waals surface area contributed by atoms with Crippen LogP contribution in [0.5, 0.6) is 0 Å². The minimum atomic E-state index is -0.745. The Labute approximate surface area is 188 Å². The van der Waals surface area contributed by atoms with Crippen LogP contribution in [-0.4, -0.2) is 35.7 Å². The van der Waals surface area contributed by atoms with E-state index < -0.39 is 17.8 Å². The van der Waals surface area contributed by atoms with Crippen molar-refractivity contribution >= 4 is 17.9 Å². The first kappa shape index (κ1) is 27.4. The molecule has 1 saturated carbocycles. The Morgan fingerprint density at radius 2 is 1.13 bits per heavy atom. The van der Waals surface area contributed by atoms with E-state index in [9.17, 15) is 14.4 Å². The number of rotatable bonds is 15. The van der Waals surface area contributed by atoms with Gasteiger partial charge < -0.3 is 14.2 Å². The summed E-state index contributed by atoms with van der Waals surface area (Å²) in [6.45, 7) is 7.50. The molecule has 2 atom stereocenters. The lowest BCUT2D eigenvalue weighted by Gasteiger charge is -2.43. The maximum absolute atomic E-state index is 12.3. The molecule has 0 heterocycles. The zero-order chi connectivity index (χ0) is 23.1. The van der Waals surface area contributed by atoms with E-state index in [0.717, 1.165) is 12.8 Å². The molecule has 1 fully saturated rings. The molecule has 0 radical (unpaired) electrons. The zero-order valence-corrected chi connectivity index (χ0v) is 20.2. The highest BCUT2D eigenvalue weighted by atomic mass is 16.6. The Balaban J connectivity index is 2.80. The van der Waals surface area contributed by atoms with Crippen LogP contribution in [0.1, 0.15) is 124 Å². The summed E-state index contributed by atoms with van der Waals surface area (Å²) in [6, 6.07) is 0. The second kappa shape index (κ2) is 15.3. The number of ether oxygens (including phenoxy) is 3. The first-order valence-corrected chi connectivity index (χ1v) is 12.5. The Bertz CT molecular complexity index is 518. The van der Waals surface area contributed by atoms with E-state index in [-0.39, 0.29) is 37.2 Å². The maximum atomic E-state index is 12.3. The van der Waals surface area contributed by atoms with Crippen LogP contribution in [0.25, 0.3) is 0 Å². The lowest BCUT2D eigenvalue weighted by Crippen LogP contribution is -2.49. The average molecular weight is 441 g/mol. The molecule has 6 heteroatoms. The van der Waals surface area contributed by atoms with E-state index in [1.807, 2.05) is 0 Å². The van der Waals surface area contributed by atoms with Crippen molar-refractivity contribution in [1.82, 2.24) is 0 Å². The van der Waals surface area contributed by atoms with Crippen LogP contribution < -0.4 is 0 Å². The van der Waals surface area contributed by atoms with E-state index in [1.165, 1.54) is 38.5 Å². The number of unbranched alkanes of at least 4 members (excludes halogenated alkanes) is 7. The third kappa shape index (κ3) is 11.0. The molecule has 0 N–H and O–H groups in total. The summed E-state index contributed by atoms with van der Waals surface area (Å²) >= 11 is 0. The number of carbonyl (C=O) groups is 3. The van der Waals surface area contributed by atoms with Crippen LogP contribution in [0.4, 0.5) is 0 Å². The maximum Gasteiger partial charge on any atom is 0.306 e. The summed E-state index contributed by atoms with van der Waals surface area (Å²) in [7, 11) is 0. The van der Waals surface area contributed by atoms with Gasteiger partial charge in [-0.05, 0) is 12.8 Å². The molecule has 0 saturated heterocycles. The van der Waals surface area contributed by atoms with Gasteiger partial charge >= 0.3 is 17.9 Å². The largest absolute Gasteiger partial charge is 0.462 e. The van der Waals surface area contributed by atoms with Crippen molar-refractivity contribution in [2.24, 2.45) is 0 Å². The molecule has 1 rings (SSSR count). The van der Waals surface area contributed by atoms with E-state index >= 15 is 0 Å². The predicted molar refractivity (Wildman–Crippen MR) is 121 cm³/mol. The SMILES string of the molecule is CCCCCCCCCCC1(OC(=O)CC)CC(OC(=O)CC)CC(OC(=O)CC)C1. The molecule has 0 aromatic carbocycles. The minimum absolute atomic E-state index is 0.261. The van der Waals surface area contributed by atoms with Crippen molar-refractivity contribution in [2.45, 2.75) is 142 Å². The highest BCUT2D eigenvalue weighted by molar-refractivity contribution is 5.70. The fourth-order valence-electron chi connectivity index (χ4n) is 4.32. The van der Waals surface area contributed by atoms with Crippen LogP contribution in [-0.2, 0) is 28.6 Å². The van der Waals surface area contributed by atoms with Gasteiger partial charge in [-0.2, -0.15) is 0 Å². The number of hydrogen-bond acceptors (Lipinski definition) is 6. The molecule has 0 aromatic rings. The minimum Gasteiger partial charge on any atom is -0.462 e. The first-order chi connectivity index (χ1) is 14.9. The fraction of sp³-hybridized carbons (Fsp3) is 0.880. The molecule has 180 valence electrons. The van der Waals surface area contributed by atoms with Gasteiger partial charge in [0.1, 0.15) is 17.8 Å². The standard InChI is InChI=1S/C25H44O6/c1-5-9-10-11-12-13-14-15-16-25(31-24(28)8-4)18-20(29-22(26)6-2)17-21(19-25)30-23(27)7-3/h20-21H,5-19H2,1-4H3. The Morgan fingerprint density at radius 1 is 0.677 bits per heavy atom. The molecular formula is C25H44O6.